The smallest absolute Gasteiger partial charge is 0.325 e. The van der Waals surface area contributed by atoms with Crippen LogP contribution in [0.15, 0.2) is 22.7 Å². The quantitative estimate of drug-likeness (QED) is 0.505. The van der Waals surface area contributed by atoms with Crippen molar-refractivity contribution < 1.29 is 23.9 Å². The summed E-state index contributed by atoms with van der Waals surface area (Å²) in [6.07, 6.45) is 0.464. The molecule has 2 rings (SSSR count). The first-order chi connectivity index (χ1) is 11.8. The van der Waals surface area contributed by atoms with E-state index in [0.29, 0.717) is 17.5 Å². The van der Waals surface area contributed by atoms with Crippen LogP contribution >= 0.6 is 15.9 Å². The molecule has 3 amide bonds. The number of fused-ring (bicyclic) bond motifs is 1. The largest absolute Gasteiger partial charge is 0.465 e. The molecule has 0 N–H and O–H groups in total. The first-order valence-electron chi connectivity index (χ1n) is 7.90. The number of amides is 3. The predicted octanol–water partition coefficient (Wildman–Crippen LogP) is 1.85. The van der Waals surface area contributed by atoms with Crippen LogP contribution in [-0.4, -0.2) is 60.2 Å². The van der Waals surface area contributed by atoms with Gasteiger partial charge in [0.2, 0.25) is 5.91 Å². The molecule has 25 heavy (non-hydrogen) atoms. The molecular weight excluding hydrogens is 392 g/mol. The lowest BCUT2D eigenvalue weighted by Crippen LogP contribution is -2.34. The summed E-state index contributed by atoms with van der Waals surface area (Å²) in [5.41, 5.74) is 0.740. The zero-order valence-electron chi connectivity index (χ0n) is 14.1. The number of hydrogen-bond acceptors (Lipinski definition) is 5. The van der Waals surface area contributed by atoms with Gasteiger partial charge >= 0.3 is 5.97 Å². The van der Waals surface area contributed by atoms with Crippen LogP contribution in [0, 0.1) is 0 Å². The average molecular weight is 411 g/mol. The van der Waals surface area contributed by atoms with Crippen molar-refractivity contribution in [2.24, 2.45) is 0 Å². The molecule has 0 radical (unpaired) electrons. The Morgan fingerprint density at radius 1 is 1.20 bits per heavy atom. The van der Waals surface area contributed by atoms with E-state index in [1.54, 1.807) is 25.1 Å². The molecule has 0 bridgehead atoms. The second-order valence-corrected chi connectivity index (χ2v) is 6.53. The highest BCUT2D eigenvalue weighted by Gasteiger charge is 2.35. The van der Waals surface area contributed by atoms with E-state index >= 15 is 0 Å². The Kier molecular flexibility index (Phi) is 6.30. The SMILES string of the molecule is CCOC(=O)CN(C)C(=O)CCCN1C(=O)c2ccc(Br)cc2C1=O. The van der Waals surface area contributed by atoms with E-state index in [0.717, 1.165) is 9.37 Å². The van der Waals surface area contributed by atoms with Crippen molar-refractivity contribution in [2.75, 3.05) is 26.7 Å². The van der Waals surface area contributed by atoms with Gasteiger partial charge in [-0.25, -0.2) is 0 Å². The highest BCUT2D eigenvalue weighted by atomic mass is 79.9. The monoisotopic (exact) mass is 410 g/mol. The molecule has 0 unspecified atom stereocenters. The van der Waals surface area contributed by atoms with Gasteiger partial charge in [-0.1, -0.05) is 15.9 Å². The van der Waals surface area contributed by atoms with E-state index in [9.17, 15) is 19.2 Å². The molecule has 1 aromatic carbocycles. The molecule has 8 heteroatoms. The lowest BCUT2D eigenvalue weighted by Gasteiger charge is -2.17. The van der Waals surface area contributed by atoms with Crippen molar-refractivity contribution in [3.8, 4) is 0 Å². The number of esters is 1. The van der Waals surface area contributed by atoms with E-state index < -0.39 is 5.97 Å². The van der Waals surface area contributed by atoms with E-state index in [1.165, 1.54) is 11.9 Å². The molecule has 0 spiro atoms. The van der Waals surface area contributed by atoms with E-state index in [1.807, 2.05) is 0 Å². The van der Waals surface area contributed by atoms with Crippen LogP contribution in [0.2, 0.25) is 0 Å². The maximum atomic E-state index is 12.3. The molecule has 1 aliphatic rings. The van der Waals surface area contributed by atoms with Crippen LogP contribution in [0.5, 0.6) is 0 Å². The first-order valence-corrected chi connectivity index (χ1v) is 8.69. The number of carbonyl (C=O) groups excluding carboxylic acids is 4. The summed E-state index contributed by atoms with van der Waals surface area (Å²) in [6, 6.07) is 4.94. The number of carbonyl (C=O) groups is 4. The van der Waals surface area contributed by atoms with Crippen molar-refractivity contribution in [3.63, 3.8) is 0 Å². The Balaban J connectivity index is 1.86. The summed E-state index contributed by atoms with van der Waals surface area (Å²) in [5, 5.41) is 0. The molecule has 0 fully saturated rings. The van der Waals surface area contributed by atoms with Crippen LogP contribution in [0.3, 0.4) is 0 Å². The Bertz CT molecular complexity index is 719. The van der Waals surface area contributed by atoms with Gasteiger partial charge in [-0.05, 0) is 31.5 Å². The van der Waals surface area contributed by atoms with Gasteiger partial charge in [0.25, 0.3) is 11.8 Å². The maximum Gasteiger partial charge on any atom is 0.325 e. The lowest BCUT2D eigenvalue weighted by atomic mass is 10.1. The van der Waals surface area contributed by atoms with Crippen LogP contribution < -0.4 is 0 Å². The van der Waals surface area contributed by atoms with Crippen molar-refractivity contribution in [3.05, 3.63) is 33.8 Å². The normalized spacial score (nSPS) is 13.0. The standard InChI is InChI=1S/C17H19BrN2O5/c1-3-25-15(22)10-19(2)14(21)5-4-8-20-16(23)12-7-6-11(18)9-13(12)17(20)24/h6-7,9H,3-5,8,10H2,1-2H3. The van der Waals surface area contributed by atoms with Crippen LogP contribution in [0.25, 0.3) is 0 Å². The minimum Gasteiger partial charge on any atom is -0.465 e. The maximum absolute atomic E-state index is 12.3. The zero-order valence-corrected chi connectivity index (χ0v) is 15.7. The molecule has 7 nitrogen and oxygen atoms in total. The fourth-order valence-electron chi connectivity index (χ4n) is 2.53. The third-order valence-electron chi connectivity index (χ3n) is 3.80. The number of benzene rings is 1. The third-order valence-corrected chi connectivity index (χ3v) is 4.30. The fraction of sp³-hybridized carbons (Fsp3) is 0.412. The molecule has 0 saturated carbocycles. The third kappa shape index (κ3) is 4.45. The van der Waals surface area contributed by atoms with Gasteiger partial charge in [0.15, 0.2) is 0 Å². The van der Waals surface area contributed by atoms with Crippen molar-refractivity contribution >= 4 is 39.6 Å². The number of ether oxygens (including phenoxy) is 1. The van der Waals surface area contributed by atoms with Crippen molar-refractivity contribution in [1.82, 2.24) is 9.80 Å². The summed E-state index contributed by atoms with van der Waals surface area (Å²) in [4.78, 5) is 50.4. The minimum absolute atomic E-state index is 0.117. The first kappa shape index (κ1) is 19.1. The Labute approximate surface area is 154 Å². The van der Waals surface area contributed by atoms with Crippen molar-refractivity contribution in [2.45, 2.75) is 19.8 Å². The van der Waals surface area contributed by atoms with Gasteiger partial charge < -0.3 is 9.64 Å². The van der Waals surface area contributed by atoms with Gasteiger partial charge in [-0.15, -0.1) is 0 Å². The molecule has 1 aliphatic heterocycles. The highest BCUT2D eigenvalue weighted by Crippen LogP contribution is 2.26. The van der Waals surface area contributed by atoms with E-state index in [-0.39, 0.29) is 43.8 Å². The number of hydrogen-bond donors (Lipinski definition) is 0. The second-order valence-electron chi connectivity index (χ2n) is 5.61. The Morgan fingerprint density at radius 3 is 2.56 bits per heavy atom. The summed E-state index contributed by atoms with van der Waals surface area (Å²) < 4.78 is 5.51. The second kappa shape index (κ2) is 8.24. The van der Waals surface area contributed by atoms with Crippen LogP contribution in [-0.2, 0) is 14.3 Å². The highest BCUT2D eigenvalue weighted by molar-refractivity contribution is 9.10. The van der Waals surface area contributed by atoms with Crippen molar-refractivity contribution in [1.29, 1.82) is 0 Å². The average Bonchev–Trinajstić information content (AvgIpc) is 2.79. The fourth-order valence-corrected chi connectivity index (χ4v) is 2.89. The minimum atomic E-state index is -0.468. The predicted molar refractivity (Wildman–Crippen MR) is 93.0 cm³/mol. The summed E-state index contributed by atoms with van der Waals surface area (Å²) in [6.45, 7) is 1.99. The topological polar surface area (TPSA) is 84.0 Å². The lowest BCUT2D eigenvalue weighted by molar-refractivity contribution is -0.148. The molecular formula is C17H19BrN2O5. The summed E-state index contributed by atoms with van der Waals surface area (Å²) in [5.74, 6) is -1.41. The molecule has 1 heterocycles. The van der Waals surface area contributed by atoms with Crippen LogP contribution in [0.1, 0.15) is 40.5 Å². The molecule has 1 aromatic rings. The van der Waals surface area contributed by atoms with Gasteiger partial charge in [-0.2, -0.15) is 0 Å². The number of nitrogens with zero attached hydrogens (tertiary/aromatic N) is 2. The van der Waals surface area contributed by atoms with Gasteiger partial charge in [0.1, 0.15) is 6.54 Å². The Morgan fingerprint density at radius 2 is 1.88 bits per heavy atom. The molecule has 0 saturated heterocycles. The number of likely N-dealkylation sites (N-methyl/N-ethyl adjacent to an activating group) is 1. The van der Waals surface area contributed by atoms with E-state index in [2.05, 4.69) is 15.9 Å². The van der Waals surface area contributed by atoms with Crippen LogP contribution in [0.4, 0.5) is 0 Å². The van der Waals surface area contributed by atoms with Gasteiger partial charge in [-0.3, -0.25) is 24.1 Å². The van der Waals surface area contributed by atoms with Gasteiger partial charge in [0, 0.05) is 24.5 Å². The zero-order chi connectivity index (χ0) is 18.6. The summed E-state index contributed by atoms with van der Waals surface area (Å²) in [7, 11) is 1.51. The molecule has 134 valence electrons. The number of imide groups is 1. The molecule has 0 aromatic heterocycles. The number of rotatable bonds is 7. The Hall–Kier alpha value is -2.22. The van der Waals surface area contributed by atoms with Gasteiger partial charge in [0.05, 0.1) is 17.7 Å². The molecule has 0 aliphatic carbocycles. The molecule has 0 atom stereocenters. The van der Waals surface area contributed by atoms with E-state index in [4.69, 9.17) is 4.74 Å². The summed E-state index contributed by atoms with van der Waals surface area (Å²) >= 11 is 3.28. The number of halogens is 1.